The molecular weight excluding hydrogens is 237 g/mol. The molecule has 0 aliphatic rings. The number of nitrogens with one attached hydrogen (secondary N) is 1. The van der Waals surface area contributed by atoms with E-state index in [2.05, 4.69) is 26.1 Å². The van der Waals surface area contributed by atoms with Crippen molar-refractivity contribution in [3.63, 3.8) is 0 Å². The summed E-state index contributed by atoms with van der Waals surface area (Å²) < 4.78 is 13.7. The van der Waals surface area contributed by atoms with Crippen molar-refractivity contribution >= 4 is 11.6 Å². The molecular formula is C14H21ClFN. The fourth-order valence-electron chi connectivity index (χ4n) is 2.09. The van der Waals surface area contributed by atoms with Crippen LogP contribution in [0.2, 0.25) is 5.02 Å². The molecule has 0 bridgehead atoms. The topological polar surface area (TPSA) is 12.0 Å². The van der Waals surface area contributed by atoms with Crippen molar-refractivity contribution in [1.82, 2.24) is 5.32 Å². The van der Waals surface area contributed by atoms with Gasteiger partial charge in [0.2, 0.25) is 0 Å². The van der Waals surface area contributed by atoms with Gasteiger partial charge in [0.25, 0.3) is 0 Å². The second kappa shape index (κ2) is 6.36. The van der Waals surface area contributed by atoms with E-state index in [1.165, 1.54) is 0 Å². The Morgan fingerprint density at radius 2 is 1.76 bits per heavy atom. The maximum atomic E-state index is 13.7. The van der Waals surface area contributed by atoms with Gasteiger partial charge >= 0.3 is 0 Å². The quantitative estimate of drug-likeness (QED) is 0.789. The lowest BCUT2D eigenvalue weighted by atomic mass is 9.89. The second-order valence-electron chi connectivity index (χ2n) is 4.41. The van der Waals surface area contributed by atoms with Crippen LogP contribution in [0.5, 0.6) is 0 Å². The van der Waals surface area contributed by atoms with Crippen molar-refractivity contribution in [3.8, 4) is 0 Å². The zero-order chi connectivity index (χ0) is 12.9. The van der Waals surface area contributed by atoms with E-state index in [-0.39, 0.29) is 16.4 Å². The molecule has 0 atom stereocenters. The van der Waals surface area contributed by atoms with Crippen molar-refractivity contribution < 1.29 is 4.39 Å². The van der Waals surface area contributed by atoms with Gasteiger partial charge < -0.3 is 5.32 Å². The predicted molar refractivity (Wildman–Crippen MR) is 71.9 cm³/mol. The highest BCUT2D eigenvalue weighted by Crippen LogP contribution is 2.22. The zero-order valence-corrected chi connectivity index (χ0v) is 11.6. The molecule has 0 aliphatic heterocycles. The monoisotopic (exact) mass is 257 g/mol. The zero-order valence-electron chi connectivity index (χ0n) is 10.8. The molecule has 1 aromatic rings. The lowest BCUT2D eigenvalue weighted by Gasteiger charge is -2.32. The van der Waals surface area contributed by atoms with Crippen LogP contribution < -0.4 is 5.32 Å². The van der Waals surface area contributed by atoms with Crippen LogP contribution in [0.15, 0.2) is 18.2 Å². The molecule has 0 radical (unpaired) electrons. The van der Waals surface area contributed by atoms with E-state index in [0.29, 0.717) is 12.1 Å². The Balaban J connectivity index is 2.75. The smallest absolute Gasteiger partial charge is 0.146 e. The highest BCUT2D eigenvalue weighted by atomic mass is 35.5. The van der Waals surface area contributed by atoms with Crippen LogP contribution in [-0.2, 0) is 6.54 Å². The number of halogens is 2. The largest absolute Gasteiger partial charge is 0.307 e. The summed E-state index contributed by atoms with van der Waals surface area (Å²) in [6, 6.07) is 5.14. The van der Waals surface area contributed by atoms with Gasteiger partial charge in [0, 0.05) is 17.6 Å². The van der Waals surface area contributed by atoms with E-state index in [1.807, 2.05) is 0 Å². The van der Waals surface area contributed by atoms with E-state index >= 15 is 0 Å². The molecule has 1 rings (SSSR count). The second-order valence-corrected chi connectivity index (χ2v) is 4.81. The van der Waals surface area contributed by atoms with Crippen LogP contribution >= 0.6 is 11.6 Å². The summed E-state index contributed by atoms with van der Waals surface area (Å²) >= 11 is 5.76. The van der Waals surface area contributed by atoms with E-state index < -0.39 is 0 Å². The van der Waals surface area contributed by atoms with Gasteiger partial charge in [-0.2, -0.15) is 0 Å². The van der Waals surface area contributed by atoms with E-state index in [1.54, 1.807) is 18.2 Å². The van der Waals surface area contributed by atoms with Crippen LogP contribution in [0, 0.1) is 5.82 Å². The van der Waals surface area contributed by atoms with Crippen molar-refractivity contribution in [3.05, 3.63) is 34.6 Å². The molecule has 1 nitrogen and oxygen atoms in total. The summed E-state index contributed by atoms with van der Waals surface area (Å²) in [5, 5.41) is 3.66. The summed E-state index contributed by atoms with van der Waals surface area (Å²) in [4.78, 5) is 0. The third-order valence-corrected chi connectivity index (χ3v) is 4.01. The van der Waals surface area contributed by atoms with Gasteiger partial charge in [-0.1, -0.05) is 44.5 Å². The summed E-state index contributed by atoms with van der Waals surface area (Å²) in [6.07, 6.45) is 3.13. The van der Waals surface area contributed by atoms with Gasteiger partial charge in [0.1, 0.15) is 5.82 Å². The van der Waals surface area contributed by atoms with Gasteiger partial charge in [-0.25, -0.2) is 4.39 Å². The highest BCUT2D eigenvalue weighted by Gasteiger charge is 2.23. The molecule has 0 aliphatic carbocycles. The van der Waals surface area contributed by atoms with Gasteiger partial charge in [-0.3, -0.25) is 0 Å². The first-order valence-corrected chi connectivity index (χ1v) is 6.64. The standard InChI is InChI=1S/C14H21ClFN/c1-4-14(5-2,6-3)17-10-11-8-7-9-12(15)13(11)16/h7-9,17H,4-6,10H2,1-3H3. The highest BCUT2D eigenvalue weighted by molar-refractivity contribution is 6.30. The third-order valence-electron chi connectivity index (χ3n) is 3.72. The minimum Gasteiger partial charge on any atom is -0.307 e. The molecule has 0 saturated carbocycles. The molecule has 1 aromatic carbocycles. The first kappa shape index (κ1) is 14.5. The van der Waals surface area contributed by atoms with E-state index in [0.717, 1.165) is 19.3 Å². The fraction of sp³-hybridized carbons (Fsp3) is 0.571. The molecule has 0 spiro atoms. The Morgan fingerprint density at radius 3 is 2.29 bits per heavy atom. The van der Waals surface area contributed by atoms with Crippen LogP contribution in [0.4, 0.5) is 4.39 Å². The van der Waals surface area contributed by atoms with Crippen LogP contribution in [-0.4, -0.2) is 5.54 Å². The summed E-state index contributed by atoms with van der Waals surface area (Å²) in [7, 11) is 0. The van der Waals surface area contributed by atoms with Crippen molar-refractivity contribution in [2.75, 3.05) is 0 Å². The first-order valence-electron chi connectivity index (χ1n) is 6.26. The molecule has 0 amide bonds. The van der Waals surface area contributed by atoms with Crippen LogP contribution in [0.3, 0.4) is 0 Å². The van der Waals surface area contributed by atoms with E-state index in [9.17, 15) is 4.39 Å². The number of hydrogen-bond donors (Lipinski definition) is 1. The lowest BCUT2D eigenvalue weighted by molar-refractivity contribution is 0.286. The maximum absolute atomic E-state index is 13.7. The number of rotatable bonds is 6. The van der Waals surface area contributed by atoms with Gasteiger partial charge in [0.15, 0.2) is 0 Å². The minimum absolute atomic E-state index is 0.106. The summed E-state index contributed by atoms with van der Waals surface area (Å²) in [5.74, 6) is -0.307. The Bertz CT molecular complexity index is 353. The Kier molecular flexibility index (Phi) is 5.41. The van der Waals surface area contributed by atoms with Gasteiger partial charge in [0.05, 0.1) is 5.02 Å². The Labute approximate surface area is 108 Å². The van der Waals surface area contributed by atoms with Crippen LogP contribution in [0.25, 0.3) is 0 Å². The van der Waals surface area contributed by atoms with Crippen molar-refractivity contribution in [2.45, 2.75) is 52.1 Å². The summed E-state index contributed by atoms with van der Waals surface area (Å²) in [6.45, 7) is 7.01. The lowest BCUT2D eigenvalue weighted by Crippen LogP contribution is -2.43. The Hall–Kier alpha value is -0.600. The molecule has 3 heteroatoms. The molecule has 0 saturated heterocycles. The number of benzene rings is 1. The fourth-order valence-corrected chi connectivity index (χ4v) is 2.29. The minimum atomic E-state index is -0.307. The van der Waals surface area contributed by atoms with E-state index in [4.69, 9.17) is 11.6 Å². The molecule has 17 heavy (non-hydrogen) atoms. The molecule has 1 N–H and O–H groups in total. The van der Waals surface area contributed by atoms with Crippen molar-refractivity contribution in [2.24, 2.45) is 0 Å². The maximum Gasteiger partial charge on any atom is 0.146 e. The average Bonchev–Trinajstić information content (AvgIpc) is 2.36. The average molecular weight is 258 g/mol. The Morgan fingerprint density at radius 1 is 1.18 bits per heavy atom. The molecule has 0 aromatic heterocycles. The molecule has 96 valence electrons. The first-order chi connectivity index (χ1) is 8.08. The SMILES string of the molecule is CCC(CC)(CC)NCc1cccc(Cl)c1F. The predicted octanol–water partition coefficient (Wildman–Crippen LogP) is 4.54. The van der Waals surface area contributed by atoms with Gasteiger partial charge in [-0.15, -0.1) is 0 Å². The number of hydrogen-bond acceptors (Lipinski definition) is 1. The summed E-state index contributed by atoms with van der Waals surface area (Å²) in [5.41, 5.74) is 0.742. The normalized spacial score (nSPS) is 11.8. The molecule has 0 fully saturated rings. The third kappa shape index (κ3) is 3.43. The molecule has 0 heterocycles. The van der Waals surface area contributed by atoms with Crippen molar-refractivity contribution in [1.29, 1.82) is 0 Å². The van der Waals surface area contributed by atoms with Crippen LogP contribution in [0.1, 0.15) is 45.6 Å². The molecule has 0 unspecified atom stereocenters. The van der Waals surface area contributed by atoms with Gasteiger partial charge in [-0.05, 0) is 25.3 Å².